The van der Waals surface area contributed by atoms with Crippen molar-refractivity contribution in [3.63, 3.8) is 0 Å². The molecule has 0 aliphatic heterocycles. The highest BCUT2D eigenvalue weighted by atomic mass is 35.5. The third kappa shape index (κ3) is 2.28. The lowest BCUT2D eigenvalue weighted by atomic mass is 10.3. The Bertz CT molecular complexity index is 495. The number of hydrogen-bond acceptors (Lipinski definition) is 3. The fraction of sp³-hybridized carbons (Fsp3) is 0.364. The van der Waals surface area contributed by atoms with E-state index in [1.54, 1.807) is 0 Å². The minimum absolute atomic E-state index is 0.568. The van der Waals surface area contributed by atoms with E-state index in [9.17, 15) is 0 Å². The van der Waals surface area contributed by atoms with Crippen molar-refractivity contribution in [1.82, 2.24) is 9.55 Å². The fourth-order valence-electron chi connectivity index (χ4n) is 1.72. The number of aryl methyl sites for hydroxylation is 1. The van der Waals surface area contributed by atoms with E-state index in [4.69, 9.17) is 17.3 Å². The molecule has 0 spiro atoms. The highest BCUT2D eigenvalue weighted by Gasteiger charge is 2.07. The van der Waals surface area contributed by atoms with Crippen molar-refractivity contribution in [1.29, 1.82) is 0 Å². The predicted molar refractivity (Wildman–Crippen MR) is 72.2 cm³/mol. The van der Waals surface area contributed by atoms with E-state index in [2.05, 4.69) is 11.2 Å². The molecule has 0 unspecified atom stereocenters. The maximum absolute atomic E-state index is 5.98. The number of benzene rings is 1. The summed E-state index contributed by atoms with van der Waals surface area (Å²) in [4.78, 5) is 4.31. The van der Waals surface area contributed by atoms with E-state index in [1.165, 1.54) is 0 Å². The number of aromatic nitrogens is 2. The van der Waals surface area contributed by atoms with Gasteiger partial charge in [-0.2, -0.15) is 11.8 Å². The second-order valence-electron chi connectivity index (χ2n) is 3.60. The van der Waals surface area contributed by atoms with E-state index in [0.717, 1.165) is 34.8 Å². The first kappa shape index (κ1) is 11.6. The van der Waals surface area contributed by atoms with Crippen LogP contribution in [0.2, 0.25) is 5.02 Å². The van der Waals surface area contributed by atoms with Crippen LogP contribution in [0.3, 0.4) is 0 Å². The van der Waals surface area contributed by atoms with Gasteiger partial charge in [-0.25, -0.2) is 4.98 Å². The number of hydrogen-bond donors (Lipinski definition) is 1. The number of anilines is 1. The fourth-order valence-corrected chi connectivity index (χ4v) is 2.30. The zero-order chi connectivity index (χ0) is 11.5. The van der Waals surface area contributed by atoms with Crippen LogP contribution in [0.4, 0.5) is 5.95 Å². The molecule has 0 atom stereocenters. The Hall–Kier alpha value is -0.870. The largest absolute Gasteiger partial charge is 0.369 e. The van der Waals surface area contributed by atoms with E-state index in [1.807, 2.05) is 34.5 Å². The van der Waals surface area contributed by atoms with Crippen LogP contribution in [0.25, 0.3) is 11.0 Å². The zero-order valence-electron chi connectivity index (χ0n) is 9.11. The number of nitrogens with two attached hydrogens (primary N) is 1. The molecule has 0 saturated heterocycles. The molecule has 2 aromatic rings. The third-order valence-electron chi connectivity index (χ3n) is 2.47. The molecule has 1 aromatic heterocycles. The van der Waals surface area contributed by atoms with Crippen LogP contribution in [-0.4, -0.2) is 21.6 Å². The van der Waals surface area contributed by atoms with Gasteiger partial charge < -0.3 is 10.3 Å². The average molecular weight is 256 g/mol. The maximum Gasteiger partial charge on any atom is 0.201 e. The molecule has 0 bridgehead atoms. The Morgan fingerprint density at radius 1 is 1.50 bits per heavy atom. The van der Waals surface area contributed by atoms with Gasteiger partial charge in [0.25, 0.3) is 0 Å². The molecule has 2 N–H and O–H groups in total. The minimum Gasteiger partial charge on any atom is -0.369 e. The zero-order valence-corrected chi connectivity index (χ0v) is 10.7. The molecule has 86 valence electrons. The monoisotopic (exact) mass is 255 g/mol. The second kappa shape index (κ2) is 4.97. The van der Waals surface area contributed by atoms with Gasteiger partial charge in [0.2, 0.25) is 5.95 Å². The molecule has 0 aliphatic rings. The van der Waals surface area contributed by atoms with Crippen LogP contribution in [0.15, 0.2) is 18.2 Å². The maximum atomic E-state index is 5.98. The van der Waals surface area contributed by atoms with E-state index in [-0.39, 0.29) is 0 Å². The topological polar surface area (TPSA) is 43.8 Å². The summed E-state index contributed by atoms with van der Waals surface area (Å²) in [6.07, 6.45) is 3.19. The van der Waals surface area contributed by atoms with Gasteiger partial charge in [-0.15, -0.1) is 0 Å². The molecule has 1 heterocycles. The third-order valence-corrected chi connectivity index (χ3v) is 3.40. The summed E-state index contributed by atoms with van der Waals surface area (Å²) in [6.45, 7) is 0.892. The number of nitrogens with zero attached hydrogens (tertiary/aromatic N) is 2. The summed E-state index contributed by atoms with van der Waals surface area (Å²) in [5.74, 6) is 1.69. The van der Waals surface area contributed by atoms with Gasteiger partial charge in [0, 0.05) is 11.6 Å². The number of thioether (sulfide) groups is 1. The van der Waals surface area contributed by atoms with Crippen LogP contribution >= 0.6 is 23.4 Å². The number of nitrogen functional groups attached to an aromatic ring is 1. The number of halogens is 1. The van der Waals surface area contributed by atoms with Gasteiger partial charge >= 0.3 is 0 Å². The highest BCUT2D eigenvalue weighted by Crippen LogP contribution is 2.22. The summed E-state index contributed by atoms with van der Waals surface area (Å²) < 4.78 is 2.03. The van der Waals surface area contributed by atoms with Crippen molar-refractivity contribution in [3.05, 3.63) is 23.2 Å². The Morgan fingerprint density at radius 2 is 2.31 bits per heavy atom. The molecule has 0 aliphatic carbocycles. The van der Waals surface area contributed by atoms with Crippen molar-refractivity contribution in [3.8, 4) is 0 Å². The molecule has 16 heavy (non-hydrogen) atoms. The number of imidazole rings is 1. The summed E-state index contributed by atoms with van der Waals surface area (Å²) in [6, 6.07) is 5.65. The molecule has 2 rings (SSSR count). The standard InChI is InChI=1S/C11H14ClN3S/c1-16-6-2-5-15-10-7-8(12)3-4-9(10)14-11(15)13/h3-4,7H,2,5-6H2,1H3,(H2,13,14). The van der Waals surface area contributed by atoms with Crippen LogP contribution in [0.1, 0.15) is 6.42 Å². The number of fused-ring (bicyclic) bond motifs is 1. The Labute approximate surface area is 104 Å². The van der Waals surface area contributed by atoms with Crippen molar-refractivity contribution < 1.29 is 0 Å². The van der Waals surface area contributed by atoms with Gasteiger partial charge in [0.15, 0.2) is 0 Å². The smallest absolute Gasteiger partial charge is 0.201 e. The molecule has 0 saturated carbocycles. The van der Waals surface area contributed by atoms with Crippen molar-refractivity contribution in [2.24, 2.45) is 0 Å². The summed E-state index contributed by atoms with van der Waals surface area (Å²) in [7, 11) is 0. The van der Waals surface area contributed by atoms with Gasteiger partial charge in [0.1, 0.15) is 0 Å². The Kier molecular flexibility index (Phi) is 3.61. The summed E-state index contributed by atoms with van der Waals surface area (Å²) in [5, 5.41) is 0.721. The van der Waals surface area contributed by atoms with Crippen LogP contribution in [0.5, 0.6) is 0 Å². The molecule has 1 aromatic carbocycles. The van der Waals surface area contributed by atoms with Gasteiger partial charge in [-0.1, -0.05) is 11.6 Å². The molecular formula is C11H14ClN3S. The van der Waals surface area contributed by atoms with Crippen molar-refractivity contribution >= 4 is 40.3 Å². The normalized spacial score (nSPS) is 11.1. The van der Waals surface area contributed by atoms with Crippen molar-refractivity contribution in [2.75, 3.05) is 17.7 Å². The first-order chi connectivity index (χ1) is 7.72. The molecule has 0 fully saturated rings. The number of rotatable bonds is 4. The molecule has 0 amide bonds. The molecule has 0 radical (unpaired) electrons. The van der Waals surface area contributed by atoms with Crippen LogP contribution in [-0.2, 0) is 6.54 Å². The van der Waals surface area contributed by atoms with E-state index in [0.29, 0.717) is 5.95 Å². The lowest BCUT2D eigenvalue weighted by Gasteiger charge is -2.05. The second-order valence-corrected chi connectivity index (χ2v) is 5.02. The summed E-state index contributed by atoms with van der Waals surface area (Å²) in [5.41, 5.74) is 7.82. The van der Waals surface area contributed by atoms with Gasteiger partial charge in [0.05, 0.1) is 11.0 Å². The molecular weight excluding hydrogens is 242 g/mol. The quantitative estimate of drug-likeness (QED) is 0.854. The lowest BCUT2D eigenvalue weighted by Crippen LogP contribution is -2.04. The highest BCUT2D eigenvalue weighted by molar-refractivity contribution is 7.98. The SMILES string of the molecule is CSCCCn1c(N)nc2ccc(Cl)cc21. The predicted octanol–water partition coefficient (Wildman–Crippen LogP) is 3.03. The Morgan fingerprint density at radius 3 is 3.06 bits per heavy atom. The van der Waals surface area contributed by atoms with Gasteiger partial charge in [-0.05, 0) is 36.6 Å². The van der Waals surface area contributed by atoms with Gasteiger partial charge in [-0.3, -0.25) is 0 Å². The lowest BCUT2D eigenvalue weighted by molar-refractivity contribution is 0.712. The minimum atomic E-state index is 0.568. The van der Waals surface area contributed by atoms with E-state index < -0.39 is 0 Å². The Balaban J connectivity index is 2.34. The average Bonchev–Trinajstić information content (AvgIpc) is 2.56. The first-order valence-corrected chi connectivity index (χ1v) is 6.90. The van der Waals surface area contributed by atoms with Crippen molar-refractivity contribution in [2.45, 2.75) is 13.0 Å². The summed E-state index contributed by atoms with van der Waals surface area (Å²) >= 11 is 7.81. The molecule has 5 heteroatoms. The molecule has 3 nitrogen and oxygen atoms in total. The van der Waals surface area contributed by atoms with E-state index >= 15 is 0 Å². The first-order valence-electron chi connectivity index (χ1n) is 5.12. The van der Waals surface area contributed by atoms with Crippen LogP contribution < -0.4 is 5.73 Å². The van der Waals surface area contributed by atoms with Crippen LogP contribution in [0, 0.1) is 0 Å².